The molecule has 1 saturated carbocycles. The molecule has 2 heterocycles. The normalized spacial score (nSPS) is 46.3. The van der Waals surface area contributed by atoms with E-state index in [1.165, 1.54) is 38.9 Å². The van der Waals surface area contributed by atoms with Gasteiger partial charge >= 0.3 is 0 Å². The summed E-state index contributed by atoms with van der Waals surface area (Å²) in [4.78, 5) is 2.81. The lowest BCUT2D eigenvalue weighted by molar-refractivity contribution is -0.00715. The van der Waals surface area contributed by atoms with Gasteiger partial charge in [-0.1, -0.05) is 13.8 Å². The van der Waals surface area contributed by atoms with Gasteiger partial charge in [-0.25, -0.2) is 0 Å². The maximum Gasteiger partial charge on any atom is 0.0264 e. The maximum atomic E-state index is 3.54. The number of hydrogen-bond acceptors (Lipinski definition) is 2. The molecule has 0 aromatic heterocycles. The van der Waals surface area contributed by atoms with Gasteiger partial charge in [0.25, 0.3) is 0 Å². The Bertz CT molecular complexity index is 236. The van der Waals surface area contributed by atoms with Crippen LogP contribution in [0.2, 0.25) is 0 Å². The monoisotopic (exact) mass is 194 g/mol. The standard InChI is InChI=1S/C12H22N2/c1-12(2)5-3-11(12)14-6-4-9-7-13-8-10(9)14/h9-11,13H,3-8H2,1-2H3/t9-,10+,11?/m1/s1. The zero-order valence-electron chi connectivity index (χ0n) is 9.42. The summed E-state index contributed by atoms with van der Waals surface area (Å²) < 4.78 is 0. The van der Waals surface area contributed by atoms with E-state index in [0.717, 1.165) is 18.0 Å². The first-order chi connectivity index (χ1) is 6.68. The fourth-order valence-corrected chi connectivity index (χ4v) is 3.74. The van der Waals surface area contributed by atoms with Gasteiger partial charge in [0.15, 0.2) is 0 Å². The van der Waals surface area contributed by atoms with Crippen molar-refractivity contribution < 1.29 is 0 Å². The van der Waals surface area contributed by atoms with Gasteiger partial charge in [0.1, 0.15) is 0 Å². The first kappa shape index (κ1) is 9.17. The van der Waals surface area contributed by atoms with E-state index in [1.54, 1.807) is 0 Å². The van der Waals surface area contributed by atoms with Gasteiger partial charge in [-0.2, -0.15) is 0 Å². The number of likely N-dealkylation sites (tertiary alicyclic amines) is 1. The smallest absolute Gasteiger partial charge is 0.0264 e. The topological polar surface area (TPSA) is 15.3 Å². The van der Waals surface area contributed by atoms with Crippen molar-refractivity contribution in [2.24, 2.45) is 11.3 Å². The van der Waals surface area contributed by atoms with Crippen molar-refractivity contribution in [3.8, 4) is 0 Å². The van der Waals surface area contributed by atoms with E-state index in [9.17, 15) is 0 Å². The minimum atomic E-state index is 0.595. The molecule has 1 aliphatic carbocycles. The Morgan fingerprint density at radius 1 is 1.21 bits per heavy atom. The summed E-state index contributed by atoms with van der Waals surface area (Å²) in [5.41, 5.74) is 0.595. The molecule has 1 N–H and O–H groups in total. The van der Waals surface area contributed by atoms with Crippen LogP contribution in [-0.2, 0) is 0 Å². The third-order valence-corrected chi connectivity index (χ3v) is 4.85. The molecule has 3 rings (SSSR count). The van der Waals surface area contributed by atoms with Gasteiger partial charge in [0.2, 0.25) is 0 Å². The Kier molecular flexibility index (Phi) is 1.94. The predicted molar refractivity (Wildman–Crippen MR) is 58.3 cm³/mol. The number of fused-ring (bicyclic) bond motifs is 1. The van der Waals surface area contributed by atoms with Crippen molar-refractivity contribution in [1.29, 1.82) is 0 Å². The third kappa shape index (κ3) is 1.17. The Morgan fingerprint density at radius 3 is 2.71 bits per heavy atom. The summed E-state index contributed by atoms with van der Waals surface area (Å²) >= 11 is 0. The fraction of sp³-hybridized carbons (Fsp3) is 1.00. The van der Waals surface area contributed by atoms with Crippen molar-refractivity contribution in [3.05, 3.63) is 0 Å². The number of rotatable bonds is 1. The Labute approximate surface area is 87.0 Å². The average Bonchev–Trinajstić information content (AvgIpc) is 2.67. The Morgan fingerprint density at radius 2 is 2.07 bits per heavy atom. The van der Waals surface area contributed by atoms with Crippen molar-refractivity contribution in [1.82, 2.24) is 10.2 Å². The van der Waals surface area contributed by atoms with Crippen LogP contribution in [0.3, 0.4) is 0 Å². The number of hydrogen-bond donors (Lipinski definition) is 1. The quantitative estimate of drug-likeness (QED) is 0.680. The van der Waals surface area contributed by atoms with Gasteiger partial charge in [-0.3, -0.25) is 4.90 Å². The Hall–Kier alpha value is -0.0800. The lowest BCUT2D eigenvalue weighted by atomic mass is 9.66. The second kappa shape index (κ2) is 2.96. The van der Waals surface area contributed by atoms with E-state index >= 15 is 0 Å². The molecule has 14 heavy (non-hydrogen) atoms. The SMILES string of the molecule is CC1(C)CCC1N1CC[C@@H]2CNC[C@@H]21. The molecule has 0 bridgehead atoms. The second-order valence-corrected chi connectivity index (χ2v) is 6.06. The highest BCUT2D eigenvalue weighted by Gasteiger charge is 2.48. The molecule has 0 radical (unpaired) electrons. The zero-order valence-corrected chi connectivity index (χ0v) is 9.42. The summed E-state index contributed by atoms with van der Waals surface area (Å²) in [6.07, 6.45) is 4.31. The van der Waals surface area contributed by atoms with E-state index < -0.39 is 0 Å². The number of nitrogens with zero attached hydrogens (tertiary/aromatic N) is 1. The van der Waals surface area contributed by atoms with Gasteiger partial charge in [0.05, 0.1) is 0 Å². The highest BCUT2D eigenvalue weighted by atomic mass is 15.3. The van der Waals surface area contributed by atoms with Gasteiger partial charge < -0.3 is 5.32 Å². The predicted octanol–water partition coefficient (Wildman–Crippen LogP) is 1.47. The molecule has 3 fully saturated rings. The molecule has 3 atom stereocenters. The minimum Gasteiger partial charge on any atom is -0.315 e. The van der Waals surface area contributed by atoms with Gasteiger partial charge in [-0.05, 0) is 43.7 Å². The molecule has 2 saturated heterocycles. The fourth-order valence-electron chi connectivity index (χ4n) is 3.74. The van der Waals surface area contributed by atoms with Crippen LogP contribution in [0.1, 0.15) is 33.1 Å². The lowest BCUT2D eigenvalue weighted by Crippen LogP contribution is -2.55. The van der Waals surface area contributed by atoms with Crippen LogP contribution < -0.4 is 5.32 Å². The highest BCUT2D eigenvalue weighted by Crippen LogP contribution is 2.46. The van der Waals surface area contributed by atoms with Crippen LogP contribution in [0.25, 0.3) is 0 Å². The highest BCUT2D eigenvalue weighted by molar-refractivity contribution is 5.04. The van der Waals surface area contributed by atoms with Crippen LogP contribution in [0, 0.1) is 11.3 Å². The van der Waals surface area contributed by atoms with Crippen LogP contribution in [0.5, 0.6) is 0 Å². The van der Waals surface area contributed by atoms with E-state index in [-0.39, 0.29) is 0 Å². The van der Waals surface area contributed by atoms with Crippen LogP contribution in [-0.4, -0.2) is 36.6 Å². The molecule has 3 aliphatic rings. The van der Waals surface area contributed by atoms with Crippen LogP contribution in [0.15, 0.2) is 0 Å². The van der Waals surface area contributed by atoms with Crippen molar-refractivity contribution >= 4 is 0 Å². The lowest BCUT2D eigenvalue weighted by Gasteiger charge is -2.51. The van der Waals surface area contributed by atoms with Crippen molar-refractivity contribution in [2.75, 3.05) is 19.6 Å². The molecule has 0 aromatic rings. The molecule has 1 unspecified atom stereocenters. The molecule has 2 heteroatoms. The summed E-state index contributed by atoms with van der Waals surface area (Å²) in [5.74, 6) is 0.964. The molecule has 2 nitrogen and oxygen atoms in total. The molecule has 0 aromatic carbocycles. The van der Waals surface area contributed by atoms with E-state index in [2.05, 4.69) is 24.1 Å². The minimum absolute atomic E-state index is 0.595. The molecule has 0 spiro atoms. The zero-order chi connectivity index (χ0) is 9.76. The third-order valence-electron chi connectivity index (χ3n) is 4.85. The number of nitrogens with one attached hydrogen (secondary N) is 1. The molecule has 0 amide bonds. The summed E-state index contributed by atoms with van der Waals surface area (Å²) in [6, 6.07) is 1.76. The summed E-state index contributed by atoms with van der Waals surface area (Å²) in [7, 11) is 0. The first-order valence-corrected chi connectivity index (χ1v) is 6.15. The molecular formula is C12H22N2. The van der Waals surface area contributed by atoms with Crippen molar-refractivity contribution in [3.63, 3.8) is 0 Å². The van der Waals surface area contributed by atoms with E-state index in [4.69, 9.17) is 0 Å². The average molecular weight is 194 g/mol. The van der Waals surface area contributed by atoms with Gasteiger partial charge in [-0.15, -0.1) is 0 Å². The van der Waals surface area contributed by atoms with E-state index in [1.807, 2.05) is 0 Å². The summed E-state index contributed by atoms with van der Waals surface area (Å²) in [5, 5.41) is 3.54. The maximum absolute atomic E-state index is 3.54. The second-order valence-electron chi connectivity index (χ2n) is 6.06. The first-order valence-electron chi connectivity index (χ1n) is 6.15. The molecule has 80 valence electrons. The van der Waals surface area contributed by atoms with Crippen molar-refractivity contribution in [2.45, 2.75) is 45.2 Å². The van der Waals surface area contributed by atoms with Crippen LogP contribution in [0.4, 0.5) is 0 Å². The molecule has 2 aliphatic heterocycles. The summed E-state index contributed by atoms with van der Waals surface area (Å²) in [6.45, 7) is 8.77. The largest absolute Gasteiger partial charge is 0.315 e. The van der Waals surface area contributed by atoms with E-state index in [0.29, 0.717) is 5.41 Å². The Balaban J connectivity index is 1.74. The van der Waals surface area contributed by atoms with Gasteiger partial charge in [0, 0.05) is 18.6 Å². The van der Waals surface area contributed by atoms with Crippen LogP contribution >= 0.6 is 0 Å². The molecular weight excluding hydrogens is 172 g/mol.